The number of aryl methyl sites for hydroxylation is 1. The van der Waals surface area contributed by atoms with Gasteiger partial charge in [-0.15, -0.1) is 0 Å². The summed E-state index contributed by atoms with van der Waals surface area (Å²) in [5.74, 6) is -1.75. The molecule has 0 aliphatic heterocycles. The normalized spacial score (nSPS) is 12.4. The maximum Gasteiger partial charge on any atom is 0.389 e. The van der Waals surface area contributed by atoms with Gasteiger partial charge in [-0.3, -0.25) is 4.79 Å². The van der Waals surface area contributed by atoms with Crippen LogP contribution in [0.2, 0.25) is 0 Å². The van der Waals surface area contributed by atoms with Gasteiger partial charge in [0.2, 0.25) is 0 Å². The van der Waals surface area contributed by atoms with Gasteiger partial charge in [0.15, 0.2) is 0 Å². The molecule has 2 aromatic carbocycles. The van der Waals surface area contributed by atoms with Crippen molar-refractivity contribution in [3.8, 4) is 0 Å². The monoisotopic (exact) mass is 365 g/mol. The van der Waals surface area contributed by atoms with E-state index < -0.39 is 30.5 Å². The topological polar surface area (TPSA) is 66.4 Å². The minimum Gasteiger partial charge on any atom is -0.480 e. The van der Waals surface area contributed by atoms with Gasteiger partial charge in [-0.1, -0.05) is 42.5 Å². The molecule has 0 saturated heterocycles. The van der Waals surface area contributed by atoms with Crippen LogP contribution in [0, 0.1) is 0 Å². The van der Waals surface area contributed by atoms with E-state index in [0.717, 1.165) is 5.56 Å². The lowest BCUT2D eigenvalue weighted by Crippen LogP contribution is -2.42. The van der Waals surface area contributed by atoms with E-state index in [1.54, 1.807) is 30.3 Å². The summed E-state index contributed by atoms with van der Waals surface area (Å²) < 4.78 is 36.7. The largest absolute Gasteiger partial charge is 0.480 e. The number of nitrogens with one attached hydrogen (secondary N) is 1. The summed E-state index contributed by atoms with van der Waals surface area (Å²) in [6.07, 6.45) is -5.21. The third kappa shape index (κ3) is 6.23. The van der Waals surface area contributed by atoms with E-state index in [-0.39, 0.29) is 18.4 Å². The number of alkyl halides is 3. The van der Waals surface area contributed by atoms with Gasteiger partial charge in [-0.05, 0) is 29.7 Å². The fourth-order valence-corrected chi connectivity index (χ4v) is 2.40. The van der Waals surface area contributed by atoms with Gasteiger partial charge in [0.25, 0.3) is 5.91 Å². The van der Waals surface area contributed by atoms with Crippen molar-refractivity contribution in [1.82, 2.24) is 5.32 Å². The van der Waals surface area contributed by atoms with Crippen molar-refractivity contribution in [3.05, 3.63) is 71.3 Å². The minimum atomic E-state index is -4.23. The standard InChI is InChI=1S/C19H18F3NO3/c20-19(21,22)11-10-13-6-8-15(9-7-13)17(24)23-16(18(25)26)12-14-4-2-1-3-5-14/h1-9,16H,10-12H2,(H,23,24)(H,25,26). The number of aliphatic carboxylic acids is 1. The SMILES string of the molecule is O=C(NC(Cc1ccccc1)C(=O)O)c1ccc(CCC(F)(F)F)cc1. The molecule has 0 aliphatic rings. The Hall–Kier alpha value is -2.83. The predicted octanol–water partition coefficient (Wildman–Crippen LogP) is 3.61. The van der Waals surface area contributed by atoms with Crippen LogP contribution in [0.25, 0.3) is 0 Å². The second kappa shape index (κ2) is 8.51. The molecule has 0 aromatic heterocycles. The maximum atomic E-state index is 12.2. The highest BCUT2D eigenvalue weighted by molar-refractivity contribution is 5.96. The summed E-state index contributed by atoms with van der Waals surface area (Å²) in [7, 11) is 0. The van der Waals surface area contributed by atoms with Crippen LogP contribution in [0.4, 0.5) is 13.2 Å². The number of carboxylic acids is 1. The minimum absolute atomic E-state index is 0.131. The zero-order valence-electron chi connectivity index (χ0n) is 13.8. The van der Waals surface area contributed by atoms with E-state index in [4.69, 9.17) is 0 Å². The first kappa shape index (κ1) is 19.5. The maximum absolute atomic E-state index is 12.2. The van der Waals surface area contributed by atoms with Crippen LogP contribution in [0.3, 0.4) is 0 Å². The van der Waals surface area contributed by atoms with Gasteiger partial charge in [-0.2, -0.15) is 13.2 Å². The van der Waals surface area contributed by atoms with Crippen LogP contribution in [0.5, 0.6) is 0 Å². The molecule has 2 aromatic rings. The molecular weight excluding hydrogens is 347 g/mol. The fourth-order valence-electron chi connectivity index (χ4n) is 2.40. The molecule has 1 atom stereocenters. The summed E-state index contributed by atoms with van der Waals surface area (Å²) in [4.78, 5) is 23.6. The fraction of sp³-hybridized carbons (Fsp3) is 0.263. The molecule has 7 heteroatoms. The Morgan fingerprint density at radius 2 is 1.58 bits per heavy atom. The summed E-state index contributed by atoms with van der Waals surface area (Å²) in [5.41, 5.74) is 1.42. The molecule has 26 heavy (non-hydrogen) atoms. The van der Waals surface area contributed by atoms with E-state index in [0.29, 0.717) is 5.56 Å². The van der Waals surface area contributed by atoms with Crippen LogP contribution in [-0.4, -0.2) is 29.2 Å². The van der Waals surface area contributed by atoms with E-state index >= 15 is 0 Å². The van der Waals surface area contributed by atoms with Crippen molar-refractivity contribution in [1.29, 1.82) is 0 Å². The van der Waals surface area contributed by atoms with Gasteiger partial charge < -0.3 is 10.4 Å². The second-order valence-electron chi connectivity index (χ2n) is 5.87. The molecule has 4 nitrogen and oxygen atoms in total. The second-order valence-corrected chi connectivity index (χ2v) is 5.87. The number of benzene rings is 2. The zero-order chi connectivity index (χ0) is 19.2. The number of rotatable bonds is 7. The molecule has 0 fully saturated rings. The summed E-state index contributed by atoms with van der Waals surface area (Å²) in [5, 5.41) is 11.7. The molecule has 0 bridgehead atoms. The third-order valence-corrected chi connectivity index (χ3v) is 3.80. The molecule has 0 radical (unpaired) electrons. The Morgan fingerprint density at radius 1 is 0.962 bits per heavy atom. The van der Waals surface area contributed by atoms with Crippen LogP contribution in [0.1, 0.15) is 27.9 Å². The van der Waals surface area contributed by atoms with Crippen molar-refractivity contribution in [2.24, 2.45) is 0 Å². The highest BCUT2D eigenvalue weighted by Crippen LogP contribution is 2.22. The lowest BCUT2D eigenvalue weighted by atomic mass is 10.0. The number of halogens is 3. The predicted molar refractivity (Wildman–Crippen MR) is 89.9 cm³/mol. The van der Waals surface area contributed by atoms with Crippen LogP contribution >= 0.6 is 0 Å². The molecule has 1 unspecified atom stereocenters. The van der Waals surface area contributed by atoms with Crippen LogP contribution in [0.15, 0.2) is 54.6 Å². The Kier molecular flexibility index (Phi) is 6.38. The van der Waals surface area contributed by atoms with Crippen molar-refractivity contribution in [3.63, 3.8) is 0 Å². The Morgan fingerprint density at radius 3 is 2.12 bits per heavy atom. The van der Waals surface area contributed by atoms with Gasteiger partial charge in [0.05, 0.1) is 0 Å². The first-order chi connectivity index (χ1) is 12.2. The molecule has 0 saturated carbocycles. The van der Waals surface area contributed by atoms with Gasteiger partial charge in [0, 0.05) is 18.4 Å². The highest BCUT2D eigenvalue weighted by Gasteiger charge is 2.26. The average Bonchev–Trinajstić information content (AvgIpc) is 2.60. The summed E-state index contributed by atoms with van der Waals surface area (Å²) >= 11 is 0. The van der Waals surface area contributed by atoms with E-state index in [9.17, 15) is 27.9 Å². The molecule has 138 valence electrons. The van der Waals surface area contributed by atoms with Crippen molar-refractivity contribution >= 4 is 11.9 Å². The van der Waals surface area contributed by atoms with E-state index in [1.807, 2.05) is 0 Å². The molecular formula is C19H18F3NO3. The molecule has 1 amide bonds. The van der Waals surface area contributed by atoms with Crippen molar-refractivity contribution in [2.45, 2.75) is 31.5 Å². The first-order valence-corrected chi connectivity index (χ1v) is 7.98. The average molecular weight is 365 g/mol. The lowest BCUT2D eigenvalue weighted by molar-refractivity contribution is -0.139. The zero-order valence-corrected chi connectivity index (χ0v) is 13.8. The number of amides is 1. The molecule has 0 aliphatic carbocycles. The first-order valence-electron chi connectivity index (χ1n) is 7.98. The lowest BCUT2D eigenvalue weighted by Gasteiger charge is -2.15. The van der Waals surface area contributed by atoms with E-state index in [1.165, 1.54) is 24.3 Å². The Bertz CT molecular complexity index is 743. The van der Waals surface area contributed by atoms with E-state index in [2.05, 4.69) is 5.32 Å². The summed E-state index contributed by atoms with van der Waals surface area (Å²) in [6.45, 7) is 0. The molecule has 2 rings (SSSR count). The Balaban J connectivity index is 1.99. The number of carboxylic acid groups (broad SMARTS) is 1. The van der Waals surface area contributed by atoms with Crippen LogP contribution in [-0.2, 0) is 17.6 Å². The number of hydrogen-bond donors (Lipinski definition) is 2. The van der Waals surface area contributed by atoms with Gasteiger partial charge in [-0.25, -0.2) is 4.79 Å². The third-order valence-electron chi connectivity index (χ3n) is 3.80. The number of carbonyl (C=O) groups excluding carboxylic acids is 1. The molecule has 0 heterocycles. The number of carbonyl (C=O) groups is 2. The van der Waals surface area contributed by atoms with Gasteiger partial charge in [0.1, 0.15) is 6.04 Å². The quantitative estimate of drug-likeness (QED) is 0.788. The van der Waals surface area contributed by atoms with Crippen LogP contribution < -0.4 is 5.32 Å². The highest BCUT2D eigenvalue weighted by atomic mass is 19.4. The Labute approximate surface area is 148 Å². The molecule has 0 spiro atoms. The number of hydrogen-bond acceptors (Lipinski definition) is 2. The smallest absolute Gasteiger partial charge is 0.389 e. The molecule has 2 N–H and O–H groups in total. The van der Waals surface area contributed by atoms with Gasteiger partial charge >= 0.3 is 12.1 Å². The van der Waals surface area contributed by atoms with Crippen molar-refractivity contribution < 1.29 is 27.9 Å². The summed E-state index contributed by atoms with van der Waals surface area (Å²) in [6, 6.07) is 13.4. The van der Waals surface area contributed by atoms with Crippen molar-refractivity contribution in [2.75, 3.05) is 0 Å².